The predicted molar refractivity (Wildman–Crippen MR) is 78.0 cm³/mol. The van der Waals surface area contributed by atoms with E-state index in [0.717, 1.165) is 23.4 Å². The molecule has 5 heteroatoms. The summed E-state index contributed by atoms with van der Waals surface area (Å²) in [7, 11) is 1.83. The third kappa shape index (κ3) is 2.26. The van der Waals surface area contributed by atoms with Crippen molar-refractivity contribution in [3.63, 3.8) is 0 Å². The largest absolute Gasteiger partial charge is 0.364 e. The molecule has 0 unspecified atom stereocenters. The average molecular weight is 290 g/mol. The lowest BCUT2D eigenvalue weighted by Crippen LogP contribution is -2.30. The van der Waals surface area contributed by atoms with Crippen LogP contribution in [0.2, 0.25) is 0 Å². The Bertz CT molecular complexity index is 603. The molecule has 0 spiro atoms. The lowest BCUT2D eigenvalue weighted by Gasteiger charge is -2.23. The molecule has 0 saturated carbocycles. The highest BCUT2D eigenvalue weighted by atomic mass is 32.1. The number of hydrogen-bond acceptors (Lipinski definition) is 4. The number of nitrogens with zero attached hydrogens (tertiary/aromatic N) is 2. The van der Waals surface area contributed by atoms with Gasteiger partial charge in [0.25, 0.3) is 5.91 Å². The number of rotatable bonds is 3. The Morgan fingerprint density at radius 3 is 3.00 bits per heavy atom. The lowest BCUT2D eigenvalue weighted by atomic mass is 9.93. The van der Waals surface area contributed by atoms with Crippen LogP contribution in [0.25, 0.3) is 0 Å². The Morgan fingerprint density at radius 2 is 2.25 bits per heavy atom. The third-order valence-corrected chi connectivity index (χ3v) is 5.14. The molecule has 2 aromatic heterocycles. The maximum Gasteiger partial charge on any atom is 0.264 e. The normalized spacial score (nSPS) is 15.7. The summed E-state index contributed by atoms with van der Waals surface area (Å²) in [6, 6.07) is 1.72. The van der Waals surface area contributed by atoms with Crippen molar-refractivity contribution in [3.05, 3.63) is 39.4 Å². The van der Waals surface area contributed by atoms with Gasteiger partial charge in [-0.2, -0.15) is 0 Å². The van der Waals surface area contributed by atoms with Crippen molar-refractivity contribution in [1.29, 1.82) is 0 Å². The van der Waals surface area contributed by atoms with Gasteiger partial charge in [-0.3, -0.25) is 4.79 Å². The maximum absolute atomic E-state index is 12.7. The van der Waals surface area contributed by atoms with E-state index < -0.39 is 0 Å². The Balaban J connectivity index is 1.83. The molecule has 0 aliphatic heterocycles. The van der Waals surface area contributed by atoms with E-state index in [1.165, 1.54) is 30.2 Å². The van der Waals surface area contributed by atoms with Crippen LogP contribution in [0, 0.1) is 0 Å². The number of hydrogen-bond donors (Lipinski definition) is 0. The second-order valence-electron chi connectivity index (χ2n) is 5.29. The van der Waals surface area contributed by atoms with Crippen molar-refractivity contribution in [1.82, 2.24) is 10.1 Å². The first-order valence-corrected chi connectivity index (χ1v) is 7.83. The molecular formula is C15H18N2O2S. The number of thiophene rings is 1. The second-order valence-corrected chi connectivity index (χ2v) is 6.17. The summed E-state index contributed by atoms with van der Waals surface area (Å²) in [6.45, 7) is 1.97. The van der Waals surface area contributed by atoms with Crippen LogP contribution in [0.1, 0.15) is 52.3 Å². The van der Waals surface area contributed by atoms with Gasteiger partial charge in [-0.25, -0.2) is 0 Å². The smallest absolute Gasteiger partial charge is 0.264 e. The zero-order valence-electron chi connectivity index (χ0n) is 11.8. The molecule has 106 valence electrons. The van der Waals surface area contributed by atoms with Crippen LogP contribution in [0.3, 0.4) is 0 Å². The van der Waals surface area contributed by atoms with Crippen molar-refractivity contribution in [2.24, 2.45) is 0 Å². The highest BCUT2D eigenvalue weighted by Gasteiger charge is 2.26. The van der Waals surface area contributed by atoms with Crippen LogP contribution in [0.4, 0.5) is 0 Å². The molecule has 20 heavy (non-hydrogen) atoms. The van der Waals surface area contributed by atoms with Crippen molar-refractivity contribution in [2.75, 3.05) is 7.05 Å². The fraction of sp³-hybridized carbons (Fsp3) is 0.467. The zero-order valence-corrected chi connectivity index (χ0v) is 12.6. The molecule has 1 amide bonds. The topological polar surface area (TPSA) is 46.3 Å². The Hall–Kier alpha value is -1.62. The van der Waals surface area contributed by atoms with Gasteiger partial charge in [-0.05, 0) is 49.1 Å². The standard InChI is InChI=1S/C15H18N2O2S/c1-10(13-7-8-19-16-13)17(2)15(18)14-12-6-4-3-5-11(12)9-20-14/h7-10H,3-6H2,1-2H3/t10-/m1/s1. The number of carbonyl (C=O) groups is 1. The molecule has 0 radical (unpaired) electrons. The predicted octanol–water partition coefficient (Wildman–Crippen LogP) is 3.45. The number of amides is 1. The van der Waals surface area contributed by atoms with Gasteiger partial charge < -0.3 is 9.42 Å². The van der Waals surface area contributed by atoms with Gasteiger partial charge in [0.15, 0.2) is 0 Å². The zero-order chi connectivity index (χ0) is 14.1. The van der Waals surface area contributed by atoms with Crippen LogP contribution < -0.4 is 0 Å². The van der Waals surface area contributed by atoms with Gasteiger partial charge in [0.2, 0.25) is 0 Å². The van der Waals surface area contributed by atoms with Crippen LogP contribution >= 0.6 is 11.3 Å². The molecule has 0 aromatic carbocycles. The Morgan fingerprint density at radius 1 is 1.45 bits per heavy atom. The minimum absolute atomic E-state index is 0.0809. The van der Waals surface area contributed by atoms with Crippen molar-refractivity contribution in [2.45, 2.75) is 38.6 Å². The quantitative estimate of drug-likeness (QED) is 0.869. The second kappa shape index (κ2) is 5.40. The van der Waals surface area contributed by atoms with Gasteiger partial charge >= 0.3 is 0 Å². The van der Waals surface area contributed by atoms with Gasteiger partial charge in [0, 0.05) is 13.1 Å². The van der Waals surface area contributed by atoms with Crippen LogP contribution in [0.5, 0.6) is 0 Å². The highest BCUT2D eigenvalue weighted by Crippen LogP contribution is 2.31. The molecule has 1 atom stereocenters. The number of carbonyl (C=O) groups excluding carboxylic acids is 1. The van der Waals surface area contributed by atoms with Crippen LogP contribution in [0.15, 0.2) is 22.2 Å². The lowest BCUT2D eigenvalue weighted by molar-refractivity contribution is 0.0741. The first-order chi connectivity index (χ1) is 9.68. The maximum atomic E-state index is 12.7. The third-order valence-electron chi connectivity index (χ3n) is 4.08. The molecule has 4 nitrogen and oxygen atoms in total. The molecule has 1 aliphatic rings. The SMILES string of the molecule is C[C@H](c1ccon1)N(C)C(=O)c1scc2c1CCCC2. The first kappa shape index (κ1) is 13.4. The van der Waals surface area contributed by atoms with E-state index in [9.17, 15) is 4.79 Å². The van der Waals surface area contributed by atoms with E-state index in [2.05, 4.69) is 10.5 Å². The van der Waals surface area contributed by atoms with Crippen molar-refractivity contribution < 1.29 is 9.32 Å². The van der Waals surface area contributed by atoms with E-state index in [1.807, 2.05) is 14.0 Å². The van der Waals surface area contributed by atoms with E-state index in [0.29, 0.717) is 0 Å². The monoisotopic (exact) mass is 290 g/mol. The minimum Gasteiger partial charge on any atom is -0.364 e. The van der Waals surface area contributed by atoms with Crippen molar-refractivity contribution >= 4 is 17.2 Å². The van der Waals surface area contributed by atoms with Crippen LogP contribution in [-0.4, -0.2) is 23.0 Å². The minimum atomic E-state index is -0.0809. The molecule has 0 saturated heterocycles. The summed E-state index contributed by atoms with van der Waals surface area (Å²) < 4.78 is 4.86. The summed E-state index contributed by atoms with van der Waals surface area (Å²) in [4.78, 5) is 15.3. The first-order valence-electron chi connectivity index (χ1n) is 6.95. The molecular weight excluding hydrogens is 272 g/mol. The van der Waals surface area contributed by atoms with Gasteiger partial charge in [-0.15, -0.1) is 11.3 Å². The summed E-state index contributed by atoms with van der Waals surface area (Å²) in [5, 5.41) is 6.07. The molecule has 3 rings (SSSR count). The van der Waals surface area contributed by atoms with Crippen LogP contribution in [-0.2, 0) is 12.8 Å². The summed E-state index contributed by atoms with van der Waals surface area (Å²) in [5.74, 6) is 0.0913. The van der Waals surface area contributed by atoms with Crippen molar-refractivity contribution in [3.8, 4) is 0 Å². The van der Waals surface area contributed by atoms with E-state index in [-0.39, 0.29) is 11.9 Å². The van der Waals surface area contributed by atoms with E-state index >= 15 is 0 Å². The average Bonchev–Trinajstić information content (AvgIpc) is 3.14. The fourth-order valence-corrected chi connectivity index (χ4v) is 3.81. The molecule has 0 fully saturated rings. The van der Waals surface area contributed by atoms with Gasteiger partial charge in [0.05, 0.1) is 10.9 Å². The number of aryl methyl sites for hydroxylation is 1. The summed E-state index contributed by atoms with van der Waals surface area (Å²) in [5.41, 5.74) is 3.42. The molecule has 1 aliphatic carbocycles. The molecule has 2 aromatic rings. The summed E-state index contributed by atoms with van der Waals surface area (Å²) >= 11 is 1.58. The van der Waals surface area contributed by atoms with Gasteiger partial charge in [0.1, 0.15) is 12.0 Å². The highest BCUT2D eigenvalue weighted by molar-refractivity contribution is 7.12. The summed E-state index contributed by atoms with van der Waals surface area (Å²) in [6.07, 6.45) is 6.11. The fourth-order valence-electron chi connectivity index (χ4n) is 2.67. The van der Waals surface area contributed by atoms with E-state index in [1.54, 1.807) is 22.3 Å². The Kier molecular flexibility index (Phi) is 3.61. The molecule has 2 heterocycles. The van der Waals surface area contributed by atoms with Gasteiger partial charge in [-0.1, -0.05) is 5.16 Å². The Labute approximate surface area is 122 Å². The van der Waals surface area contributed by atoms with E-state index in [4.69, 9.17) is 4.52 Å². The molecule has 0 bridgehead atoms. The number of aromatic nitrogens is 1. The number of fused-ring (bicyclic) bond motifs is 1. The molecule has 0 N–H and O–H groups in total.